The molecule has 0 aliphatic carbocycles. The standard InChI is InChI=1S/C16H33O7P/c1-6-9-12-21-24(19,22-13-10-7-2)23-14(11-8-3)16(4,18)15(17)20-5/h14,18H,6-13H2,1-5H3. The van der Waals surface area contributed by atoms with E-state index < -0.39 is 25.5 Å². The van der Waals surface area contributed by atoms with Crippen LogP contribution in [0.2, 0.25) is 0 Å². The van der Waals surface area contributed by atoms with E-state index >= 15 is 0 Å². The number of phosphoric ester groups is 1. The summed E-state index contributed by atoms with van der Waals surface area (Å²) in [6.07, 6.45) is 3.01. The first-order valence-corrected chi connectivity index (χ1v) is 10.1. The summed E-state index contributed by atoms with van der Waals surface area (Å²) in [5, 5.41) is 10.4. The summed E-state index contributed by atoms with van der Waals surface area (Å²) in [6.45, 7) is 7.55. The van der Waals surface area contributed by atoms with Gasteiger partial charge in [-0.15, -0.1) is 0 Å². The molecule has 0 aromatic carbocycles. The van der Waals surface area contributed by atoms with E-state index in [0.29, 0.717) is 25.7 Å². The smallest absolute Gasteiger partial charge is 0.467 e. The number of phosphoric acid groups is 1. The van der Waals surface area contributed by atoms with E-state index in [1.807, 2.05) is 20.8 Å². The summed E-state index contributed by atoms with van der Waals surface area (Å²) in [5.41, 5.74) is -1.94. The summed E-state index contributed by atoms with van der Waals surface area (Å²) in [6, 6.07) is 0. The fraction of sp³-hybridized carbons (Fsp3) is 0.938. The van der Waals surface area contributed by atoms with Crippen molar-refractivity contribution in [3.63, 3.8) is 0 Å². The summed E-state index contributed by atoms with van der Waals surface area (Å²) in [7, 11) is -2.70. The topological polar surface area (TPSA) is 91.3 Å². The maximum atomic E-state index is 12.9. The van der Waals surface area contributed by atoms with E-state index in [-0.39, 0.29) is 13.2 Å². The Bertz CT molecular complexity index is 384. The second-order valence-corrected chi connectivity index (χ2v) is 7.46. The monoisotopic (exact) mass is 368 g/mol. The summed E-state index contributed by atoms with van der Waals surface area (Å²) < 4.78 is 33.7. The van der Waals surface area contributed by atoms with Crippen molar-refractivity contribution in [2.24, 2.45) is 0 Å². The first kappa shape index (κ1) is 23.5. The fourth-order valence-electron chi connectivity index (χ4n) is 1.93. The second kappa shape index (κ2) is 12.0. The molecule has 0 heterocycles. The van der Waals surface area contributed by atoms with Gasteiger partial charge in [-0.3, -0.25) is 13.6 Å². The zero-order valence-corrected chi connectivity index (χ0v) is 16.5. The lowest BCUT2D eigenvalue weighted by Gasteiger charge is -2.32. The molecule has 0 aromatic rings. The van der Waals surface area contributed by atoms with Gasteiger partial charge in [0.15, 0.2) is 5.60 Å². The van der Waals surface area contributed by atoms with Gasteiger partial charge in [-0.05, 0) is 26.2 Å². The van der Waals surface area contributed by atoms with Gasteiger partial charge < -0.3 is 9.84 Å². The fourth-order valence-corrected chi connectivity index (χ4v) is 3.46. The number of carbonyl (C=O) groups excluding carboxylic acids is 1. The number of rotatable bonds is 14. The zero-order chi connectivity index (χ0) is 18.6. The van der Waals surface area contributed by atoms with Crippen LogP contribution in [0, 0.1) is 0 Å². The molecule has 1 N–H and O–H groups in total. The Hall–Kier alpha value is -0.460. The average Bonchev–Trinajstić information content (AvgIpc) is 2.54. The van der Waals surface area contributed by atoms with E-state index in [0.717, 1.165) is 12.8 Å². The Morgan fingerprint density at radius 2 is 1.58 bits per heavy atom. The first-order valence-electron chi connectivity index (χ1n) is 8.65. The van der Waals surface area contributed by atoms with Crippen LogP contribution in [0.1, 0.15) is 66.2 Å². The van der Waals surface area contributed by atoms with E-state index in [2.05, 4.69) is 4.74 Å². The highest BCUT2D eigenvalue weighted by Crippen LogP contribution is 2.52. The molecular formula is C16H33O7P. The quantitative estimate of drug-likeness (QED) is 0.283. The highest BCUT2D eigenvalue weighted by atomic mass is 31.2. The summed E-state index contributed by atoms with van der Waals surface area (Å²) in [4.78, 5) is 11.8. The number of ether oxygens (including phenoxy) is 1. The number of esters is 1. The number of aliphatic hydroxyl groups is 1. The van der Waals surface area contributed by atoms with E-state index in [1.165, 1.54) is 14.0 Å². The Balaban J connectivity index is 5.19. The molecule has 24 heavy (non-hydrogen) atoms. The van der Waals surface area contributed by atoms with Crippen LogP contribution in [0.3, 0.4) is 0 Å². The lowest BCUT2D eigenvalue weighted by Crippen LogP contribution is -2.48. The van der Waals surface area contributed by atoms with Gasteiger partial charge in [-0.25, -0.2) is 9.36 Å². The summed E-state index contributed by atoms with van der Waals surface area (Å²) in [5.74, 6) is -0.852. The number of hydrogen-bond acceptors (Lipinski definition) is 7. The SMILES string of the molecule is CCCCOP(=O)(OCCCC)OC(CCC)C(C)(O)C(=O)OC. The van der Waals surface area contributed by atoms with Crippen LogP contribution in [0.4, 0.5) is 0 Å². The molecule has 0 radical (unpaired) electrons. The van der Waals surface area contributed by atoms with E-state index in [9.17, 15) is 14.5 Å². The molecule has 0 aliphatic heterocycles. The Morgan fingerprint density at radius 3 is 1.96 bits per heavy atom. The van der Waals surface area contributed by atoms with Crippen LogP contribution < -0.4 is 0 Å². The molecule has 0 aromatic heterocycles. The third kappa shape index (κ3) is 8.08. The van der Waals surface area contributed by atoms with Crippen LogP contribution in [0.5, 0.6) is 0 Å². The first-order chi connectivity index (χ1) is 11.3. The lowest BCUT2D eigenvalue weighted by molar-refractivity contribution is -0.172. The summed E-state index contributed by atoms with van der Waals surface area (Å²) >= 11 is 0. The average molecular weight is 368 g/mol. The molecule has 0 spiro atoms. The van der Waals surface area contributed by atoms with Crippen molar-refractivity contribution in [2.75, 3.05) is 20.3 Å². The van der Waals surface area contributed by atoms with Crippen molar-refractivity contribution >= 4 is 13.8 Å². The van der Waals surface area contributed by atoms with Crippen molar-refractivity contribution in [1.82, 2.24) is 0 Å². The van der Waals surface area contributed by atoms with Crippen molar-refractivity contribution in [2.45, 2.75) is 77.9 Å². The molecule has 8 heteroatoms. The minimum absolute atomic E-state index is 0.221. The molecular weight excluding hydrogens is 335 g/mol. The van der Waals surface area contributed by atoms with Gasteiger partial charge >= 0.3 is 13.8 Å². The van der Waals surface area contributed by atoms with Crippen LogP contribution in [-0.2, 0) is 27.7 Å². The normalized spacial score (nSPS) is 15.8. The van der Waals surface area contributed by atoms with Crippen molar-refractivity contribution in [3.8, 4) is 0 Å². The zero-order valence-electron chi connectivity index (χ0n) is 15.6. The molecule has 144 valence electrons. The van der Waals surface area contributed by atoms with Gasteiger partial charge in [0.1, 0.15) is 6.10 Å². The number of unbranched alkanes of at least 4 members (excludes halogenated alkanes) is 2. The predicted molar refractivity (Wildman–Crippen MR) is 91.7 cm³/mol. The van der Waals surface area contributed by atoms with Crippen molar-refractivity contribution in [1.29, 1.82) is 0 Å². The Labute approximate surface area is 145 Å². The predicted octanol–water partition coefficient (Wildman–Crippen LogP) is 3.84. The second-order valence-electron chi connectivity index (χ2n) is 5.84. The van der Waals surface area contributed by atoms with Crippen LogP contribution >= 0.6 is 7.82 Å². The largest absolute Gasteiger partial charge is 0.475 e. The molecule has 7 nitrogen and oxygen atoms in total. The van der Waals surface area contributed by atoms with Crippen LogP contribution in [0.25, 0.3) is 0 Å². The molecule has 0 bridgehead atoms. The Morgan fingerprint density at radius 1 is 1.08 bits per heavy atom. The lowest BCUT2D eigenvalue weighted by atomic mass is 9.96. The van der Waals surface area contributed by atoms with Gasteiger partial charge in [0, 0.05) is 0 Å². The molecule has 2 unspecified atom stereocenters. The van der Waals surface area contributed by atoms with E-state index in [4.69, 9.17) is 13.6 Å². The van der Waals surface area contributed by atoms with E-state index in [1.54, 1.807) is 0 Å². The van der Waals surface area contributed by atoms with Gasteiger partial charge in [0.05, 0.1) is 20.3 Å². The maximum Gasteiger partial charge on any atom is 0.475 e. The number of carbonyl (C=O) groups is 1. The highest BCUT2D eigenvalue weighted by molar-refractivity contribution is 7.48. The number of hydrogen-bond donors (Lipinski definition) is 1. The molecule has 0 aliphatic rings. The minimum atomic E-state index is -3.88. The molecule has 0 amide bonds. The molecule has 0 saturated heterocycles. The van der Waals surface area contributed by atoms with Crippen molar-refractivity contribution < 1.29 is 32.8 Å². The molecule has 0 saturated carbocycles. The van der Waals surface area contributed by atoms with Gasteiger partial charge in [0.25, 0.3) is 0 Å². The Kier molecular flexibility index (Phi) is 11.8. The van der Waals surface area contributed by atoms with Crippen LogP contribution in [-0.4, -0.2) is 43.1 Å². The van der Waals surface area contributed by atoms with Gasteiger partial charge in [0.2, 0.25) is 0 Å². The van der Waals surface area contributed by atoms with Gasteiger partial charge in [-0.2, -0.15) is 0 Å². The third-order valence-corrected chi connectivity index (χ3v) is 5.04. The molecule has 2 atom stereocenters. The minimum Gasteiger partial charge on any atom is -0.467 e. The number of methoxy groups -OCH3 is 1. The van der Waals surface area contributed by atoms with Crippen molar-refractivity contribution in [3.05, 3.63) is 0 Å². The molecule has 0 rings (SSSR count). The third-order valence-electron chi connectivity index (χ3n) is 3.53. The van der Waals surface area contributed by atoms with Crippen LogP contribution in [0.15, 0.2) is 0 Å². The maximum absolute atomic E-state index is 12.9. The van der Waals surface area contributed by atoms with Gasteiger partial charge in [-0.1, -0.05) is 40.0 Å². The highest BCUT2D eigenvalue weighted by Gasteiger charge is 2.45. The molecule has 0 fully saturated rings.